The smallest absolute Gasteiger partial charge is 0.265 e. The number of sulfonamides is 1. The number of hydrogen-bond donors (Lipinski definition) is 0. The standard InChI is InChI=1S/C10H12N2O2S/c1-9-11-7-8-12(9)15(13,14)10-5-3-2-4-6-10/h2-6H,7-8H2,1H3. The lowest BCUT2D eigenvalue weighted by Crippen LogP contribution is -2.32. The van der Waals surface area contributed by atoms with E-state index in [9.17, 15) is 8.42 Å². The number of amidine groups is 1. The first-order valence-electron chi connectivity index (χ1n) is 4.71. The molecule has 1 aromatic carbocycles. The predicted molar refractivity (Wildman–Crippen MR) is 58.3 cm³/mol. The number of aliphatic imine (C=N–C) groups is 1. The Hall–Kier alpha value is -1.36. The average Bonchev–Trinajstić information content (AvgIpc) is 2.66. The van der Waals surface area contributed by atoms with Gasteiger partial charge in [-0.1, -0.05) is 18.2 Å². The average molecular weight is 224 g/mol. The summed E-state index contributed by atoms with van der Waals surface area (Å²) in [6, 6.07) is 8.43. The Morgan fingerprint density at radius 2 is 1.93 bits per heavy atom. The molecule has 0 amide bonds. The first kappa shape index (κ1) is 10.2. The van der Waals surface area contributed by atoms with Gasteiger partial charge < -0.3 is 0 Å². The van der Waals surface area contributed by atoms with E-state index in [1.54, 1.807) is 37.3 Å². The zero-order valence-corrected chi connectivity index (χ0v) is 9.24. The van der Waals surface area contributed by atoms with E-state index in [4.69, 9.17) is 0 Å². The summed E-state index contributed by atoms with van der Waals surface area (Å²) in [5, 5.41) is 0. The van der Waals surface area contributed by atoms with E-state index >= 15 is 0 Å². The molecule has 0 atom stereocenters. The van der Waals surface area contributed by atoms with E-state index in [1.807, 2.05) is 0 Å². The lowest BCUT2D eigenvalue weighted by molar-refractivity contribution is 0.537. The molecule has 1 heterocycles. The molecule has 1 aliphatic heterocycles. The fourth-order valence-corrected chi connectivity index (χ4v) is 3.04. The van der Waals surface area contributed by atoms with E-state index in [-0.39, 0.29) is 0 Å². The summed E-state index contributed by atoms with van der Waals surface area (Å²) >= 11 is 0. The lowest BCUT2D eigenvalue weighted by atomic mass is 10.4. The third-order valence-electron chi connectivity index (χ3n) is 2.34. The molecule has 0 radical (unpaired) electrons. The summed E-state index contributed by atoms with van der Waals surface area (Å²) in [5.41, 5.74) is 0. The number of nitrogens with zero attached hydrogens (tertiary/aromatic N) is 2. The highest BCUT2D eigenvalue weighted by molar-refractivity contribution is 7.89. The minimum atomic E-state index is -3.39. The zero-order valence-electron chi connectivity index (χ0n) is 8.42. The second-order valence-corrected chi connectivity index (χ2v) is 5.18. The maximum absolute atomic E-state index is 12.1. The Morgan fingerprint density at radius 1 is 1.27 bits per heavy atom. The summed E-state index contributed by atoms with van der Waals surface area (Å²) in [4.78, 5) is 4.39. The maximum atomic E-state index is 12.1. The molecule has 0 aliphatic carbocycles. The van der Waals surface area contributed by atoms with Gasteiger partial charge in [0.2, 0.25) is 0 Å². The van der Waals surface area contributed by atoms with Gasteiger partial charge in [-0.05, 0) is 19.1 Å². The van der Waals surface area contributed by atoms with E-state index in [1.165, 1.54) is 4.31 Å². The van der Waals surface area contributed by atoms with Crippen molar-refractivity contribution in [1.82, 2.24) is 4.31 Å². The van der Waals surface area contributed by atoms with E-state index in [0.29, 0.717) is 23.8 Å². The lowest BCUT2D eigenvalue weighted by Gasteiger charge is -2.17. The van der Waals surface area contributed by atoms with Crippen LogP contribution in [0.15, 0.2) is 40.2 Å². The number of hydrogen-bond acceptors (Lipinski definition) is 3. The van der Waals surface area contributed by atoms with Crippen molar-refractivity contribution in [3.05, 3.63) is 30.3 Å². The van der Waals surface area contributed by atoms with Gasteiger partial charge in [0.25, 0.3) is 10.0 Å². The summed E-state index contributed by atoms with van der Waals surface area (Å²) in [6.07, 6.45) is 0. The third-order valence-corrected chi connectivity index (χ3v) is 4.23. The van der Waals surface area contributed by atoms with Crippen molar-refractivity contribution in [2.75, 3.05) is 13.1 Å². The monoisotopic (exact) mass is 224 g/mol. The molecular weight excluding hydrogens is 212 g/mol. The molecule has 0 unspecified atom stereocenters. The highest BCUT2D eigenvalue weighted by Crippen LogP contribution is 2.17. The van der Waals surface area contributed by atoms with Crippen LogP contribution in [0.1, 0.15) is 6.92 Å². The summed E-state index contributed by atoms with van der Waals surface area (Å²) in [7, 11) is -3.39. The summed E-state index contributed by atoms with van der Waals surface area (Å²) in [5.74, 6) is 0.568. The molecule has 0 bridgehead atoms. The van der Waals surface area contributed by atoms with Gasteiger partial charge in [0.05, 0.1) is 18.0 Å². The van der Waals surface area contributed by atoms with Gasteiger partial charge in [-0.15, -0.1) is 0 Å². The summed E-state index contributed by atoms with van der Waals surface area (Å²) < 4.78 is 25.5. The van der Waals surface area contributed by atoms with Crippen LogP contribution in [0.4, 0.5) is 0 Å². The van der Waals surface area contributed by atoms with Crippen LogP contribution in [0.3, 0.4) is 0 Å². The number of rotatable bonds is 2. The fraction of sp³-hybridized carbons (Fsp3) is 0.300. The van der Waals surface area contributed by atoms with Crippen LogP contribution in [0.5, 0.6) is 0 Å². The van der Waals surface area contributed by atoms with Crippen molar-refractivity contribution in [1.29, 1.82) is 0 Å². The van der Waals surface area contributed by atoms with Gasteiger partial charge in [0, 0.05) is 0 Å². The maximum Gasteiger partial charge on any atom is 0.265 e. The molecule has 80 valence electrons. The van der Waals surface area contributed by atoms with Crippen molar-refractivity contribution in [2.45, 2.75) is 11.8 Å². The molecule has 0 N–H and O–H groups in total. The molecule has 2 rings (SSSR count). The van der Waals surface area contributed by atoms with Gasteiger partial charge in [0.1, 0.15) is 5.84 Å². The van der Waals surface area contributed by atoms with Gasteiger partial charge >= 0.3 is 0 Å². The predicted octanol–water partition coefficient (Wildman–Crippen LogP) is 1.11. The van der Waals surface area contributed by atoms with Gasteiger partial charge in [-0.3, -0.25) is 9.30 Å². The van der Waals surface area contributed by atoms with E-state index < -0.39 is 10.0 Å². The molecule has 0 fully saturated rings. The molecule has 4 nitrogen and oxygen atoms in total. The molecule has 1 aliphatic rings. The number of benzene rings is 1. The SMILES string of the molecule is CC1=NCCN1S(=O)(=O)c1ccccc1. The normalized spacial score (nSPS) is 16.6. The third kappa shape index (κ3) is 1.74. The molecule has 0 saturated heterocycles. The molecule has 15 heavy (non-hydrogen) atoms. The van der Waals surface area contributed by atoms with Crippen LogP contribution < -0.4 is 0 Å². The zero-order chi connectivity index (χ0) is 10.9. The van der Waals surface area contributed by atoms with Crippen molar-refractivity contribution < 1.29 is 8.42 Å². The Bertz CT molecular complexity index is 479. The topological polar surface area (TPSA) is 49.7 Å². The van der Waals surface area contributed by atoms with Crippen LogP contribution >= 0.6 is 0 Å². The molecule has 0 spiro atoms. The quantitative estimate of drug-likeness (QED) is 0.755. The molecule has 0 saturated carbocycles. The largest absolute Gasteiger partial charge is 0.270 e. The van der Waals surface area contributed by atoms with Crippen LogP contribution in [0.25, 0.3) is 0 Å². The van der Waals surface area contributed by atoms with E-state index in [2.05, 4.69) is 4.99 Å². The van der Waals surface area contributed by atoms with Crippen molar-refractivity contribution in [3.63, 3.8) is 0 Å². The minimum absolute atomic E-state index is 0.321. The van der Waals surface area contributed by atoms with Crippen LogP contribution in [-0.4, -0.2) is 31.6 Å². The Labute approximate surface area is 89.3 Å². The van der Waals surface area contributed by atoms with Gasteiger partial charge in [0.15, 0.2) is 0 Å². The first-order valence-corrected chi connectivity index (χ1v) is 6.15. The van der Waals surface area contributed by atoms with Crippen LogP contribution in [0, 0.1) is 0 Å². The Balaban J connectivity index is 2.41. The van der Waals surface area contributed by atoms with Crippen molar-refractivity contribution in [2.24, 2.45) is 4.99 Å². The fourth-order valence-electron chi connectivity index (χ4n) is 1.56. The van der Waals surface area contributed by atoms with Crippen LogP contribution in [-0.2, 0) is 10.0 Å². The van der Waals surface area contributed by atoms with Gasteiger partial charge in [-0.2, -0.15) is 0 Å². The Kier molecular flexibility index (Phi) is 2.48. The summed E-state index contributed by atoms with van der Waals surface area (Å²) in [6.45, 7) is 2.72. The second kappa shape index (κ2) is 3.66. The van der Waals surface area contributed by atoms with Crippen molar-refractivity contribution >= 4 is 15.9 Å². The highest BCUT2D eigenvalue weighted by atomic mass is 32.2. The highest BCUT2D eigenvalue weighted by Gasteiger charge is 2.27. The molecule has 1 aromatic rings. The first-order chi connectivity index (χ1) is 7.12. The molecule has 5 heteroatoms. The minimum Gasteiger partial charge on any atom is -0.270 e. The van der Waals surface area contributed by atoms with Crippen LogP contribution in [0.2, 0.25) is 0 Å². The van der Waals surface area contributed by atoms with Gasteiger partial charge in [-0.25, -0.2) is 8.42 Å². The molecular formula is C10H12N2O2S. The Morgan fingerprint density at radius 3 is 2.47 bits per heavy atom. The second-order valence-electron chi connectivity index (χ2n) is 3.32. The van der Waals surface area contributed by atoms with E-state index in [0.717, 1.165) is 0 Å². The van der Waals surface area contributed by atoms with Crippen molar-refractivity contribution in [3.8, 4) is 0 Å². The molecule has 0 aromatic heterocycles.